The fourth-order valence-corrected chi connectivity index (χ4v) is 6.70. The number of rotatable bonds is 8. The number of para-hydroxylation sites is 1. The number of hydrogen-bond donors (Lipinski definition) is 0. The van der Waals surface area contributed by atoms with Gasteiger partial charge in [-0.25, -0.2) is 0 Å². The Kier molecular flexibility index (Phi) is 7.75. The van der Waals surface area contributed by atoms with Gasteiger partial charge in [-0.1, -0.05) is 92.8 Å². The van der Waals surface area contributed by atoms with E-state index in [-0.39, 0.29) is 11.5 Å². The van der Waals surface area contributed by atoms with Crippen molar-refractivity contribution in [3.8, 4) is 5.75 Å². The molecule has 3 atom stereocenters. The van der Waals surface area contributed by atoms with Crippen molar-refractivity contribution in [2.75, 3.05) is 23.5 Å². The Morgan fingerprint density at radius 3 is 2.31 bits per heavy atom. The molecule has 0 N–H and O–H groups in total. The van der Waals surface area contributed by atoms with Crippen molar-refractivity contribution in [3.63, 3.8) is 0 Å². The van der Waals surface area contributed by atoms with Crippen molar-refractivity contribution >= 4 is 28.3 Å². The van der Waals surface area contributed by atoms with Crippen LogP contribution in [0.2, 0.25) is 0 Å². The Balaban J connectivity index is 1.42. The molecule has 6 rings (SSSR count). The van der Waals surface area contributed by atoms with Crippen LogP contribution in [0.3, 0.4) is 0 Å². The second-order valence-corrected chi connectivity index (χ2v) is 11.5. The summed E-state index contributed by atoms with van der Waals surface area (Å²) in [6, 6.07) is 37.2. The zero-order chi connectivity index (χ0) is 29.1. The molecule has 0 amide bonds. The number of hydrogen-bond acceptors (Lipinski definition) is 3. The van der Waals surface area contributed by atoms with E-state index >= 15 is 0 Å². The van der Waals surface area contributed by atoms with E-state index in [1.54, 1.807) is 7.11 Å². The van der Waals surface area contributed by atoms with E-state index in [2.05, 4.69) is 152 Å². The second-order valence-electron chi connectivity index (χ2n) is 11.5. The summed E-state index contributed by atoms with van der Waals surface area (Å²) in [5, 5.41) is 0. The summed E-state index contributed by atoms with van der Waals surface area (Å²) < 4.78 is 5.48. The van der Waals surface area contributed by atoms with Crippen molar-refractivity contribution in [3.05, 3.63) is 145 Å². The fourth-order valence-electron chi connectivity index (χ4n) is 6.70. The Bertz CT molecular complexity index is 1600. The highest BCUT2D eigenvalue weighted by atomic mass is 16.5. The van der Waals surface area contributed by atoms with Crippen LogP contribution in [-0.4, -0.2) is 19.7 Å². The predicted molar refractivity (Wildman–Crippen MR) is 178 cm³/mol. The zero-order valence-electron chi connectivity index (χ0n) is 25.1. The third-order valence-corrected chi connectivity index (χ3v) is 9.28. The number of allylic oxidation sites excluding steroid dienone is 4. The SMILES string of the molecule is C/C=C(\C=C/CN(c1ccc(OC)cc1)c1ccc2c(c1)C1(C)C(C)CC=CC1N2c1ccccc1)c1ccccc1. The van der Waals surface area contributed by atoms with Crippen molar-refractivity contribution in [2.24, 2.45) is 5.92 Å². The molecule has 3 heteroatoms. The molecule has 1 aliphatic heterocycles. The molecule has 3 nitrogen and oxygen atoms in total. The quantitative estimate of drug-likeness (QED) is 0.160. The highest BCUT2D eigenvalue weighted by Gasteiger charge is 2.51. The van der Waals surface area contributed by atoms with Crippen LogP contribution < -0.4 is 14.5 Å². The maximum Gasteiger partial charge on any atom is 0.119 e. The lowest BCUT2D eigenvalue weighted by atomic mass is 9.65. The molecule has 2 aliphatic rings. The average Bonchev–Trinajstić information content (AvgIpc) is 3.31. The van der Waals surface area contributed by atoms with E-state index in [1.807, 2.05) is 12.1 Å². The smallest absolute Gasteiger partial charge is 0.119 e. The number of nitrogens with zero attached hydrogens (tertiary/aromatic N) is 2. The van der Waals surface area contributed by atoms with Crippen LogP contribution in [0.15, 0.2) is 134 Å². The third-order valence-electron chi connectivity index (χ3n) is 9.28. The van der Waals surface area contributed by atoms with Crippen molar-refractivity contribution in [2.45, 2.75) is 38.6 Å². The topological polar surface area (TPSA) is 15.7 Å². The van der Waals surface area contributed by atoms with Gasteiger partial charge in [-0.3, -0.25) is 0 Å². The second kappa shape index (κ2) is 11.8. The van der Waals surface area contributed by atoms with Gasteiger partial charge in [-0.2, -0.15) is 0 Å². The normalized spacial score (nSPS) is 21.3. The minimum Gasteiger partial charge on any atom is -0.497 e. The van der Waals surface area contributed by atoms with E-state index in [9.17, 15) is 0 Å². The zero-order valence-corrected chi connectivity index (χ0v) is 25.1. The highest BCUT2D eigenvalue weighted by Crippen LogP contribution is 2.56. The first-order chi connectivity index (χ1) is 20.5. The molecule has 4 aromatic carbocycles. The summed E-state index contributed by atoms with van der Waals surface area (Å²) in [7, 11) is 1.72. The molecule has 0 spiro atoms. The minimum atomic E-state index is 0.00276. The van der Waals surface area contributed by atoms with Gasteiger partial charge in [0.25, 0.3) is 0 Å². The summed E-state index contributed by atoms with van der Waals surface area (Å²) in [4.78, 5) is 4.95. The predicted octanol–water partition coefficient (Wildman–Crippen LogP) is 9.87. The lowest BCUT2D eigenvalue weighted by Gasteiger charge is -2.42. The lowest BCUT2D eigenvalue weighted by Crippen LogP contribution is -2.45. The number of anilines is 4. The van der Waals surface area contributed by atoms with E-state index in [0.717, 1.165) is 24.4 Å². The molecule has 0 radical (unpaired) electrons. The first-order valence-corrected chi connectivity index (χ1v) is 15.0. The van der Waals surface area contributed by atoms with Crippen LogP contribution in [-0.2, 0) is 5.41 Å². The van der Waals surface area contributed by atoms with E-state index < -0.39 is 0 Å². The van der Waals surface area contributed by atoms with Crippen LogP contribution in [0.25, 0.3) is 5.57 Å². The summed E-state index contributed by atoms with van der Waals surface area (Å²) in [6.45, 7) is 7.72. The maximum absolute atomic E-state index is 5.48. The van der Waals surface area contributed by atoms with Gasteiger partial charge < -0.3 is 14.5 Å². The van der Waals surface area contributed by atoms with Crippen molar-refractivity contribution in [1.82, 2.24) is 0 Å². The van der Waals surface area contributed by atoms with Gasteiger partial charge in [0.05, 0.1) is 13.2 Å². The first kappa shape index (κ1) is 27.7. The molecule has 42 heavy (non-hydrogen) atoms. The van der Waals surface area contributed by atoms with Gasteiger partial charge >= 0.3 is 0 Å². The monoisotopic (exact) mass is 552 g/mol. The molecule has 0 fully saturated rings. The van der Waals surface area contributed by atoms with Crippen LogP contribution in [0, 0.1) is 5.92 Å². The third kappa shape index (κ3) is 4.94. The molecule has 0 saturated carbocycles. The van der Waals surface area contributed by atoms with E-state index in [1.165, 1.54) is 33.8 Å². The standard InChI is InChI=1S/C39H40N2O/c1-5-30(31-15-8-6-9-16-31)17-13-27-40(32-21-24-35(42-4)25-22-32)34-23-26-37-36(28-34)39(3)29(2)14-12-20-38(39)41(37)33-18-10-7-11-19-33/h5-13,15-26,28-29,38H,14,27H2,1-4H3/b17-13-,30-5+. The van der Waals surface area contributed by atoms with Gasteiger partial charge in [-0.05, 0) is 90.6 Å². The highest BCUT2D eigenvalue weighted by molar-refractivity contribution is 5.80. The largest absolute Gasteiger partial charge is 0.497 e. The average molecular weight is 553 g/mol. The van der Waals surface area contributed by atoms with Gasteiger partial charge in [0, 0.05) is 34.7 Å². The molecule has 212 valence electrons. The Labute approximate surface area is 251 Å². The van der Waals surface area contributed by atoms with Crippen molar-refractivity contribution in [1.29, 1.82) is 0 Å². The first-order valence-electron chi connectivity index (χ1n) is 15.0. The van der Waals surface area contributed by atoms with Crippen LogP contribution >= 0.6 is 0 Å². The molecular formula is C39H40N2O. The Morgan fingerprint density at radius 1 is 0.929 bits per heavy atom. The van der Waals surface area contributed by atoms with Crippen LogP contribution in [0.5, 0.6) is 5.75 Å². The Morgan fingerprint density at radius 2 is 1.62 bits per heavy atom. The van der Waals surface area contributed by atoms with Crippen LogP contribution in [0.1, 0.15) is 38.3 Å². The number of benzene rings is 4. The van der Waals surface area contributed by atoms with Gasteiger partial charge in [0.15, 0.2) is 0 Å². The fraction of sp³-hybridized carbons (Fsp3) is 0.231. The molecule has 1 aliphatic carbocycles. The molecule has 4 aromatic rings. The molecule has 0 bridgehead atoms. The van der Waals surface area contributed by atoms with E-state index in [0.29, 0.717) is 5.92 Å². The summed E-state index contributed by atoms with van der Waals surface area (Å²) in [6.07, 6.45) is 12.6. The molecule has 0 saturated heterocycles. The minimum absolute atomic E-state index is 0.00276. The Hall–Kier alpha value is -4.50. The molecule has 3 unspecified atom stereocenters. The number of ether oxygens (including phenoxy) is 1. The van der Waals surface area contributed by atoms with Gasteiger partial charge in [0.1, 0.15) is 5.75 Å². The molecular weight excluding hydrogens is 512 g/mol. The van der Waals surface area contributed by atoms with Crippen LogP contribution in [0.4, 0.5) is 22.7 Å². The van der Waals surface area contributed by atoms with Crippen molar-refractivity contribution < 1.29 is 4.74 Å². The summed E-state index contributed by atoms with van der Waals surface area (Å²) in [5.74, 6) is 1.38. The maximum atomic E-state index is 5.48. The molecule has 1 heterocycles. The van der Waals surface area contributed by atoms with E-state index in [4.69, 9.17) is 4.74 Å². The lowest BCUT2D eigenvalue weighted by molar-refractivity contribution is 0.290. The van der Waals surface area contributed by atoms with Gasteiger partial charge in [0.2, 0.25) is 0 Å². The summed E-state index contributed by atoms with van der Waals surface area (Å²) >= 11 is 0. The molecule has 0 aromatic heterocycles. The summed E-state index contributed by atoms with van der Waals surface area (Å²) in [5.41, 5.74) is 8.75. The number of fused-ring (bicyclic) bond motifs is 3. The van der Waals surface area contributed by atoms with Gasteiger partial charge in [-0.15, -0.1) is 0 Å². The number of methoxy groups -OCH3 is 1.